The second-order valence-electron chi connectivity index (χ2n) is 3.04. The van der Waals surface area contributed by atoms with Gasteiger partial charge in [-0.1, -0.05) is 25.6 Å². The molecule has 1 N–H and O–H groups in total. The molecule has 0 radical (unpaired) electrons. The predicted molar refractivity (Wildman–Crippen MR) is 63.1 cm³/mol. The van der Waals surface area contributed by atoms with E-state index in [-0.39, 0.29) is 0 Å². The topological polar surface area (TPSA) is 24.4 Å². The van der Waals surface area contributed by atoms with Gasteiger partial charge in [0.05, 0.1) is 5.69 Å². The van der Waals surface area contributed by atoms with Crippen LogP contribution in [0.2, 0.25) is 0 Å². The van der Waals surface area contributed by atoms with Crippen molar-refractivity contribution in [2.45, 2.75) is 13.5 Å². The molecule has 0 saturated carbocycles. The molecule has 2 heteroatoms. The maximum absolute atomic E-state index is 3.92. The van der Waals surface area contributed by atoms with Gasteiger partial charge >= 0.3 is 0 Å². The summed E-state index contributed by atoms with van der Waals surface area (Å²) in [5, 5.41) is 3.27. The smallest absolute Gasteiger partial charge is 0.0694 e. The van der Waals surface area contributed by atoms with E-state index in [1.54, 1.807) is 6.08 Å². The summed E-state index contributed by atoms with van der Waals surface area (Å²) < 4.78 is 0. The maximum atomic E-state index is 3.92. The fourth-order valence-electron chi connectivity index (χ4n) is 1.29. The van der Waals surface area contributed by atoms with E-state index < -0.39 is 0 Å². The first-order valence-corrected chi connectivity index (χ1v) is 4.74. The minimum absolute atomic E-state index is 0.884. The van der Waals surface area contributed by atoms with Crippen LogP contribution in [0.25, 0.3) is 6.08 Å². The number of benzene rings is 1. The molecule has 0 aromatic heterocycles. The van der Waals surface area contributed by atoms with Gasteiger partial charge in [0, 0.05) is 6.54 Å². The van der Waals surface area contributed by atoms with Gasteiger partial charge in [0.15, 0.2) is 0 Å². The van der Waals surface area contributed by atoms with Crippen LogP contribution in [-0.2, 0) is 6.54 Å². The van der Waals surface area contributed by atoms with Gasteiger partial charge in [-0.2, -0.15) is 0 Å². The molecular formula is C12H16N2. The third-order valence-electron chi connectivity index (χ3n) is 2.06. The van der Waals surface area contributed by atoms with Gasteiger partial charge in [-0.05, 0) is 36.5 Å². The molecule has 0 spiro atoms. The molecule has 0 unspecified atom stereocenters. The summed E-state index contributed by atoms with van der Waals surface area (Å²) in [6.45, 7) is 11.2. The Morgan fingerprint density at radius 1 is 1.50 bits per heavy atom. The van der Waals surface area contributed by atoms with Gasteiger partial charge < -0.3 is 5.32 Å². The second kappa shape index (κ2) is 5.35. The van der Waals surface area contributed by atoms with Crippen molar-refractivity contribution in [3.8, 4) is 0 Å². The summed E-state index contributed by atoms with van der Waals surface area (Å²) in [6, 6.07) is 6.11. The zero-order valence-corrected chi connectivity index (χ0v) is 8.59. The maximum Gasteiger partial charge on any atom is 0.0694 e. The number of rotatable bonds is 5. The van der Waals surface area contributed by atoms with E-state index in [0.29, 0.717) is 0 Å². The Morgan fingerprint density at radius 3 is 2.86 bits per heavy atom. The number of hydrogen-bond donors (Lipinski definition) is 1. The van der Waals surface area contributed by atoms with Gasteiger partial charge in [0.1, 0.15) is 0 Å². The molecule has 0 saturated heterocycles. The predicted octanol–water partition coefficient (Wildman–Crippen LogP) is 2.77. The lowest BCUT2D eigenvalue weighted by molar-refractivity contribution is 0.727. The highest BCUT2D eigenvalue weighted by Crippen LogP contribution is 2.21. The summed E-state index contributed by atoms with van der Waals surface area (Å²) >= 11 is 0. The molecule has 0 aliphatic carbocycles. The van der Waals surface area contributed by atoms with Crippen LogP contribution in [0.15, 0.2) is 29.8 Å². The molecule has 0 heterocycles. The lowest BCUT2D eigenvalue weighted by Crippen LogP contribution is -2.11. The van der Waals surface area contributed by atoms with E-state index in [4.69, 9.17) is 0 Å². The molecule has 0 bridgehead atoms. The van der Waals surface area contributed by atoms with Crippen LogP contribution in [0.1, 0.15) is 18.1 Å². The van der Waals surface area contributed by atoms with Crippen LogP contribution in [0.4, 0.5) is 5.69 Å². The normalized spacial score (nSPS) is 9.79. The van der Waals surface area contributed by atoms with Crippen molar-refractivity contribution in [1.29, 1.82) is 0 Å². The van der Waals surface area contributed by atoms with Crippen molar-refractivity contribution in [2.75, 3.05) is 6.54 Å². The van der Waals surface area contributed by atoms with Crippen molar-refractivity contribution in [3.05, 3.63) is 35.9 Å². The van der Waals surface area contributed by atoms with Crippen LogP contribution in [0.3, 0.4) is 0 Å². The summed E-state index contributed by atoms with van der Waals surface area (Å²) in [4.78, 5) is 3.92. The molecule has 1 aromatic carbocycles. The lowest BCUT2D eigenvalue weighted by Gasteiger charge is -2.05. The van der Waals surface area contributed by atoms with Crippen molar-refractivity contribution in [3.63, 3.8) is 0 Å². The number of nitrogens with zero attached hydrogens (tertiary/aromatic N) is 1. The van der Waals surface area contributed by atoms with Crippen LogP contribution in [-0.4, -0.2) is 13.3 Å². The molecule has 74 valence electrons. The van der Waals surface area contributed by atoms with E-state index in [1.165, 1.54) is 5.56 Å². The van der Waals surface area contributed by atoms with Crippen LogP contribution >= 0.6 is 0 Å². The van der Waals surface area contributed by atoms with Gasteiger partial charge in [-0.25, -0.2) is 0 Å². The van der Waals surface area contributed by atoms with Crippen LogP contribution in [0.5, 0.6) is 0 Å². The minimum Gasteiger partial charge on any atom is -0.313 e. The highest BCUT2D eigenvalue weighted by molar-refractivity contribution is 5.65. The van der Waals surface area contributed by atoms with Gasteiger partial charge in [-0.15, -0.1) is 0 Å². The third kappa shape index (κ3) is 2.54. The molecule has 1 rings (SSSR count). The van der Waals surface area contributed by atoms with Crippen LogP contribution in [0, 0.1) is 0 Å². The second-order valence-corrected chi connectivity index (χ2v) is 3.04. The van der Waals surface area contributed by atoms with E-state index in [2.05, 4.69) is 42.7 Å². The Morgan fingerprint density at radius 2 is 2.29 bits per heavy atom. The summed E-state index contributed by atoms with van der Waals surface area (Å²) in [6.07, 6.45) is 1.81. The average Bonchev–Trinajstić information content (AvgIpc) is 2.25. The molecule has 0 amide bonds. The molecule has 0 fully saturated rings. The quantitative estimate of drug-likeness (QED) is 0.706. The Kier molecular flexibility index (Phi) is 4.08. The Bertz CT molecular complexity index is 329. The molecule has 0 aliphatic rings. The summed E-state index contributed by atoms with van der Waals surface area (Å²) in [5.41, 5.74) is 3.17. The fourth-order valence-corrected chi connectivity index (χ4v) is 1.29. The van der Waals surface area contributed by atoms with Crippen molar-refractivity contribution in [2.24, 2.45) is 4.99 Å². The summed E-state index contributed by atoms with van der Waals surface area (Å²) in [5.74, 6) is 0. The number of hydrogen-bond acceptors (Lipinski definition) is 2. The SMILES string of the molecule is C=Cc1cc(CNCC)ccc1N=C. The van der Waals surface area contributed by atoms with Crippen molar-refractivity contribution in [1.82, 2.24) is 5.32 Å². The highest BCUT2D eigenvalue weighted by atomic mass is 14.8. The van der Waals surface area contributed by atoms with Crippen molar-refractivity contribution >= 4 is 18.5 Å². The van der Waals surface area contributed by atoms with Gasteiger partial charge in [-0.3, -0.25) is 4.99 Å². The van der Waals surface area contributed by atoms with Crippen LogP contribution < -0.4 is 5.32 Å². The zero-order valence-electron chi connectivity index (χ0n) is 8.59. The molecule has 0 aliphatic heterocycles. The van der Waals surface area contributed by atoms with Gasteiger partial charge in [0.2, 0.25) is 0 Å². The molecule has 0 atom stereocenters. The van der Waals surface area contributed by atoms with E-state index in [0.717, 1.165) is 24.3 Å². The average molecular weight is 188 g/mol. The minimum atomic E-state index is 0.884. The first-order chi connectivity index (χ1) is 6.81. The lowest BCUT2D eigenvalue weighted by atomic mass is 10.1. The number of aliphatic imine (C=N–C) groups is 1. The highest BCUT2D eigenvalue weighted by Gasteiger charge is 1.98. The molecule has 14 heavy (non-hydrogen) atoms. The monoisotopic (exact) mass is 188 g/mol. The summed E-state index contributed by atoms with van der Waals surface area (Å²) in [7, 11) is 0. The fraction of sp³-hybridized carbons (Fsp3) is 0.250. The molecule has 2 nitrogen and oxygen atoms in total. The first-order valence-electron chi connectivity index (χ1n) is 4.74. The van der Waals surface area contributed by atoms with E-state index in [1.807, 2.05) is 6.07 Å². The third-order valence-corrected chi connectivity index (χ3v) is 2.06. The van der Waals surface area contributed by atoms with E-state index in [9.17, 15) is 0 Å². The largest absolute Gasteiger partial charge is 0.313 e. The Hall–Kier alpha value is -1.41. The molecular weight excluding hydrogens is 172 g/mol. The van der Waals surface area contributed by atoms with Crippen molar-refractivity contribution < 1.29 is 0 Å². The van der Waals surface area contributed by atoms with Gasteiger partial charge in [0.25, 0.3) is 0 Å². The Balaban J connectivity index is 2.89. The number of nitrogens with one attached hydrogen (secondary N) is 1. The molecule has 1 aromatic rings. The first kappa shape index (κ1) is 10.7. The zero-order chi connectivity index (χ0) is 10.4. The standard InChI is InChI=1S/C12H16N2/c1-4-11-8-10(9-14-5-2)6-7-12(11)13-3/h4,6-8,14H,1,3,5,9H2,2H3. The van der Waals surface area contributed by atoms with E-state index >= 15 is 0 Å². The Labute approximate surface area is 85.4 Å².